The Morgan fingerprint density at radius 1 is 1.12 bits per heavy atom. The normalized spacial score (nSPS) is 28.8. The Kier molecular flexibility index (Phi) is 6.97. The monoisotopic (exact) mass is 473 g/mol. The fraction of sp³-hybridized carbons (Fsp3) is 0.423. The van der Waals surface area contributed by atoms with Crippen molar-refractivity contribution >= 4 is 29.1 Å². The highest BCUT2D eigenvalue weighted by atomic mass is 35.5. The smallest absolute Gasteiger partial charge is 0.229 e. The molecule has 0 radical (unpaired) electrons. The van der Waals surface area contributed by atoms with Crippen LogP contribution in [0.15, 0.2) is 60.7 Å². The van der Waals surface area contributed by atoms with Crippen LogP contribution in [0.3, 0.4) is 0 Å². The molecule has 4 rings (SSSR count). The predicted octanol–water partition coefficient (Wildman–Crippen LogP) is 5.52. The van der Waals surface area contributed by atoms with E-state index in [0.29, 0.717) is 16.5 Å². The van der Waals surface area contributed by atoms with Crippen LogP contribution in [-0.2, 0) is 4.79 Å². The summed E-state index contributed by atoms with van der Waals surface area (Å²) in [6, 6.07) is 15.3. The van der Waals surface area contributed by atoms with Crippen LogP contribution in [0.25, 0.3) is 0 Å². The molecule has 170 valence electrons. The van der Waals surface area contributed by atoms with Gasteiger partial charge in [-0.2, -0.15) is 0 Å². The lowest BCUT2D eigenvalue weighted by Crippen LogP contribution is -2.55. The quantitative estimate of drug-likeness (QED) is 0.542. The molecule has 32 heavy (non-hydrogen) atoms. The number of amides is 1. The number of hydrogen-bond donors (Lipinski definition) is 2. The Morgan fingerprint density at radius 2 is 1.88 bits per heavy atom. The molecule has 1 amide bonds. The second kappa shape index (κ2) is 9.56. The number of allylic oxidation sites excluding steroid dienone is 1. The van der Waals surface area contributed by atoms with Crippen LogP contribution in [0.5, 0.6) is 0 Å². The van der Waals surface area contributed by atoms with Gasteiger partial charge in [-0.15, -0.1) is 0 Å². The van der Waals surface area contributed by atoms with Crippen molar-refractivity contribution in [3.63, 3.8) is 0 Å². The van der Waals surface area contributed by atoms with E-state index in [4.69, 9.17) is 23.2 Å². The number of benzene rings is 2. The molecule has 2 aromatic carbocycles. The third-order valence-corrected chi connectivity index (χ3v) is 7.32. The van der Waals surface area contributed by atoms with E-state index in [9.17, 15) is 15.0 Å². The number of rotatable bonds is 6. The predicted molar refractivity (Wildman–Crippen MR) is 128 cm³/mol. The molecule has 0 aromatic heterocycles. The Bertz CT molecular complexity index is 993. The number of aliphatic hydroxyl groups is 2. The molecule has 6 heteroatoms. The van der Waals surface area contributed by atoms with Crippen molar-refractivity contribution in [3.05, 3.63) is 81.9 Å². The molecule has 1 aliphatic heterocycles. The SMILES string of the molecule is C[C@]1(CC(O)CO)CC(c2cccc(Cl)c2)[C@@H](c2ccc(Cl)cc2)N(C2C=CCC2)C1=O. The van der Waals surface area contributed by atoms with Gasteiger partial charge in [-0.1, -0.05) is 66.5 Å². The van der Waals surface area contributed by atoms with Crippen molar-refractivity contribution < 1.29 is 15.0 Å². The fourth-order valence-electron chi connectivity index (χ4n) is 5.37. The van der Waals surface area contributed by atoms with Crippen molar-refractivity contribution in [3.8, 4) is 0 Å². The van der Waals surface area contributed by atoms with Crippen LogP contribution in [0.4, 0.5) is 0 Å². The second-order valence-corrected chi connectivity index (χ2v) is 10.1. The molecule has 4 nitrogen and oxygen atoms in total. The number of aliphatic hydroxyl groups excluding tert-OH is 2. The van der Waals surface area contributed by atoms with E-state index >= 15 is 0 Å². The van der Waals surface area contributed by atoms with Gasteiger partial charge in [0.2, 0.25) is 5.91 Å². The van der Waals surface area contributed by atoms with Gasteiger partial charge in [-0.05, 0) is 61.1 Å². The average molecular weight is 474 g/mol. The van der Waals surface area contributed by atoms with Gasteiger partial charge in [0.15, 0.2) is 0 Å². The standard InChI is InChI=1S/C26H29Cl2NO3/c1-26(14-22(31)16-30)15-23(18-5-4-6-20(28)13-18)24(17-9-11-19(27)12-10-17)29(25(26)32)21-7-2-3-8-21/h2,4-7,9-13,21-24,30-31H,3,8,14-16H2,1H3/t21?,22?,23?,24-,26+/m1/s1. The first kappa shape index (κ1) is 23.3. The van der Waals surface area contributed by atoms with Crippen LogP contribution in [0.1, 0.15) is 55.7 Å². The van der Waals surface area contributed by atoms with Gasteiger partial charge in [0.05, 0.1) is 24.8 Å². The van der Waals surface area contributed by atoms with E-state index in [2.05, 4.69) is 18.2 Å². The summed E-state index contributed by atoms with van der Waals surface area (Å²) < 4.78 is 0. The van der Waals surface area contributed by atoms with Gasteiger partial charge >= 0.3 is 0 Å². The molecule has 1 heterocycles. The molecular formula is C26H29Cl2NO3. The van der Waals surface area contributed by atoms with Gasteiger partial charge in [-0.3, -0.25) is 4.79 Å². The Morgan fingerprint density at radius 3 is 2.50 bits per heavy atom. The molecule has 3 unspecified atom stereocenters. The molecular weight excluding hydrogens is 445 g/mol. The molecule has 2 N–H and O–H groups in total. The number of hydrogen-bond acceptors (Lipinski definition) is 3. The largest absolute Gasteiger partial charge is 0.394 e. The summed E-state index contributed by atoms with van der Waals surface area (Å²) in [5.74, 6) is -0.0164. The summed E-state index contributed by atoms with van der Waals surface area (Å²) in [5.41, 5.74) is 1.27. The summed E-state index contributed by atoms with van der Waals surface area (Å²) >= 11 is 12.5. The van der Waals surface area contributed by atoms with Crippen LogP contribution < -0.4 is 0 Å². The first-order valence-electron chi connectivity index (χ1n) is 11.1. The minimum absolute atomic E-state index is 0.0137. The van der Waals surface area contributed by atoms with E-state index in [-0.39, 0.29) is 36.9 Å². The maximum absolute atomic E-state index is 14.0. The molecule has 0 bridgehead atoms. The third-order valence-electron chi connectivity index (χ3n) is 6.83. The van der Waals surface area contributed by atoms with E-state index in [1.165, 1.54) is 0 Å². The summed E-state index contributed by atoms with van der Waals surface area (Å²) in [5, 5.41) is 21.1. The lowest BCUT2D eigenvalue weighted by Gasteiger charge is -2.51. The highest BCUT2D eigenvalue weighted by Crippen LogP contribution is 2.53. The molecule has 0 spiro atoms. The van der Waals surface area contributed by atoms with Crippen molar-refractivity contribution in [1.29, 1.82) is 0 Å². The van der Waals surface area contributed by atoms with Crippen molar-refractivity contribution in [2.24, 2.45) is 5.41 Å². The van der Waals surface area contributed by atoms with Gasteiger partial charge in [0, 0.05) is 21.4 Å². The number of piperidine rings is 1. The van der Waals surface area contributed by atoms with Crippen LogP contribution in [0.2, 0.25) is 10.0 Å². The van der Waals surface area contributed by atoms with Crippen LogP contribution >= 0.6 is 23.2 Å². The van der Waals surface area contributed by atoms with Crippen molar-refractivity contribution in [2.75, 3.05) is 6.61 Å². The molecule has 1 fully saturated rings. The maximum Gasteiger partial charge on any atom is 0.229 e. The number of likely N-dealkylation sites (tertiary alicyclic amines) is 1. The minimum atomic E-state index is -0.947. The van der Waals surface area contributed by atoms with Gasteiger partial charge in [0.1, 0.15) is 0 Å². The lowest BCUT2D eigenvalue weighted by atomic mass is 9.66. The molecule has 1 aliphatic carbocycles. The number of nitrogens with zero attached hydrogens (tertiary/aromatic N) is 1. The topological polar surface area (TPSA) is 60.8 Å². The fourth-order valence-corrected chi connectivity index (χ4v) is 5.69. The lowest BCUT2D eigenvalue weighted by molar-refractivity contribution is -0.156. The Balaban J connectivity index is 1.86. The average Bonchev–Trinajstić information content (AvgIpc) is 3.30. The molecule has 2 aliphatic rings. The van der Waals surface area contributed by atoms with E-state index < -0.39 is 11.5 Å². The number of halogens is 2. The van der Waals surface area contributed by atoms with Crippen molar-refractivity contribution in [1.82, 2.24) is 4.90 Å². The first-order valence-corrected chi connectivity index (χ1v) is 11.9. The maximum atomic E-state index is 14.0. The highest BCUT2D eigenvalue weighted by Gasteiger charge is 2.51. The third kappa shape index (κ3) is 4.60. The highest BCUT2D eigenvalue weighted by molar-refractivity contribution is 6.30. The first-order chi connectivity index (χ1) is 15.3. The summed E-state index contributed by atoms with van der Waals surface area (Å²) in [4.78, 5) is 16.0. The molecule has 2 aromatic rings. The number of carbonyl (C=O) groups excluding carboxylic acids is 1. The van der Waals surface area contributed by atoms with Gasteiger partial charge in [0.25, 0.3) is 0 Å². The zero-order valence-corrected chi connectivity index (χ0v) is 19.6. The summed E-state index contributed by atoms with van der Waals surface area (Å²) in [6.45, 7) is 1.55. The zero-order valence-electron chi connectivity index (χ0n) is 18.1. The summed E-state index contributed by atoms with van der Waals surface area (Å²) in [6.07, 6.45) is 5.85. The summed E-state index contributed by atoms with van der Waals surface area (Å²) in [7, 11) is 0. The van der Waals surface area contributed by atoms with E-state index in [1.54, 1.807) is 0 Å². The zero-order chi connectivity index (χ0) is 22.9. The van der Waals surface area contributed by atoms with Crippen molar-refractivity contribution in [2.45, 2.75) is 56.7 Å². The number of carbonyl (C=O) groups is 1. The van der Waals surface area contributed by atoms with Gasteiger partial charge < -0.3 is 15.1 Å². The molecule has 0 saturated carbocycles. The second-order valence-electron chi connectivity index (χ2n) is 9.25. The van der Waals surface area contributed by atoms with Crippen LogP contribution in [-0.4, -0.2) is 39.8 Å². The van der Waals surface area contributed by atoms with E-state index in [0.717, 1.165) is 24.0 Å². The van der Waals surface area contributed by atoms with Crippen LogP contribution in [0, 0.1) is 5.41 Å². The van der Waals surface area contributed by atoms with Gasteiger partial charge in [-0.25, -0.2) is 0 Å². The molecule has 5 atom stereocenters. The van der Waals surface area contributed by atoms with E-state index in [1.807, 2.05) is 54.3 Å². The molecule has 1 saturated heterocycles. The Hall–Kier alpha value is -1.85. The Labute approximate surface area is 199 Å². The minimum Gasteiger partial charge on any atom is -0.394 e.